The fourth-order valence-electron chi connectivity index (χ4n) is 0.289. The molecule has 0 aromatic carbocycles. The third-order valence-corrected chi connectivity index (χ3v) is 0.522. The Morgan fingerprint density at radius 1 is 1.45 bits per heavy atom. The van der Waals surface area contributed by atoms with E-state index in [0.29, 0.717) is 0 Å². The third kappa shape index (κ3) is 5.82. The number of nitrogens with two attached hydrogens (primary N) is 2. The maximum atomic E-state index is 8.36. The molecule has 0 aliphatic rings. The molecule has 0 aliphatic carbocycles. The van der Waals surface area contributed by atoms with Gasteiger partial charge in [0.25, 0.3) is 5.09 Å². The van der Waals surface area contributed by atoms with Gasteiger partial charge in [0, 0.05) is 0 Å². The van der Waals surface area contributed by atoms with E-state index in [9.17, 15) is 0 Å². The number of aromatic amines is 1. The van der Waals surface area contributed by atoms with Crippen LogP contribution in [0.25, 0.3) is 0 Å². The molecular formula is C2H6N6O3. The molecule has 0 spiro atoms. The van der Waals surface area contributed by atoms with Gasteiger partial charge in [-0.15, -0.1) is 20.3 Å². The van der Waals surface area contributed by atoms with Crippen molar-refractivity contribution >= 4 is 11.9 Å². The summed E-state index contributed by atoms with van der Waals surface area (Å²) in [6.07, 6.45) is 0. The summed E-state index contributed by atoms with van der Waals surface area (Å²) in [4.78, 5) is 10.8. The highest BCUT2D eigenvalue weighted by molar-refractivity contribution is 5.23. The Hall–Kier alpha value is -2.06. The Bertz CT molecular complexity index is 211. The first-order valence-corrected chi connectivity index (χ1v) is 2.29. The van der Waals surface area contributed by atoms with Gasteiger partial charge in [0.1, 0.15) is 0 Å². The molecule has 11 heavy (non-hydrogen) atoms. The number of H-pyrrole nitrogens is 1. The zero-order chi connectivity index (χ0) is 8.85. The lowest BCUT2D eigenvalue weighted by molar-refractivity contribution is -0.742. The summed E-state index contributed by atoms with van der Waals surface area (Å²) in [5.74, 6) is 0.495. The molecule has 1 aromatic heterocycles. The lowest BCUT2D eigenvalue weighted by atomic mass is 11.0. The van der Waals surface area contributed by atoms with Crippen LogP contribution in [-0.2, 0) is 0 Å². The van der Waals surface area contributed by atoms with E-state index in [4.69, 9.17) is 26.8 Å². The van der Waals surface area contributed by atoms with Crippen LogP contribution in [0.15, 0.2) is 0 Å². The van der Waals surface area contributed by atoms with Crippen molar-refractivity contribution in [2.24, 2.45) is 0 Å². The highest BCUT2D eigenvalue weighted by atomic mass is 16.9. The summed E-state index contributed by atoms with van der Waals surface area (Å²) in [6, 6.07) is 0. The topological polar surface area (TPSA) is 157 Å². The quantitative estimate of drug-likeness (QED) is 0.270. The van der Waals surface area contributed by atoms with Crippen LogP contribution in [0, 0.1) is 10.1 Å². The van der Waals surface area contributed by atoms with E-state index in [2.05, 4.69) is 15.2 Å². The van der Waals surface area contributed by atoms with E-state index in [1.807, 2.05) is 0 Å². The summed E-state index contributed by atoms with van der Waals surface area (Å²) in [5, 5.41) is 20.4. The lowest BCUT2D eigenvalue weighted by Crippen LogP contribution is -1.87. The molecule has 9 nitrogen and oxygen atoms in total. The number of anilines is 2. The van der Waals surface area contributed by atoms with Crippen LogP contribution in [-0.4, -0.2) is 25.5 Å². The minimum absolute atomic E-state index is 0.248. The number of rotatable bonds is 0. The van der Waals surface area contributed by atoms with Gasteiger partial charge in [-0.1, -0.05) is 0 Å². The lowest BCUT2D eigenvalue weighted by Gasteiger charge is -1.72. The SMILES string of the molecule is Nc1nnc(N)[nH]1.O=[N+]([O-])O. The van der Waals surface area contributed by atoms with Crippen LogP contribution < -0.4 is 11.5 Å². The molecule has 0 saturated carbocycles. The van der Waals surface area contributed by atoms with E-state index in [1.165, 1.54) is 0 Å². The zero-order valence-corrected chi connectivity index (χ0v) is 5.26. The van der Waals surface area contributed by atoms with Crippen LogP contribution >= 0.6 is 0 Å². The van der Waals surface area contributed by atoms with Gasteiger partial charge in [0.2, 0.25) is 11.9 Å². The Labute approximate surface area is 60.1 Å². The van der Waals surface area contributed by atoms with Crippen LogP contribution in [0.3, 0.4) is 0 Å². The number of nitrogens with zero attached hydrogens (tertiary/aromatic N) is 3. The average molecular weight is 162 g/mol. The highest BCUT2D eigenvalue weighted by Crippen LogP contribution is 1.89. The molecule has 0 fully saturated rings. The van der Waals surface area contributed by atoms with Crippen molar-refractivity contribution < 1.29 is 10.3 Å². The van der Waals surface area contributed by atoms with Crippen molar-refractivity contribution in [2.45, 2.75) is 0 Å². The molecule has 9 heteroatoms. The van der Waals surface area contributed by atoms with Crippen LogP contribution in [0.5, 0.6) is 0 Å². The number of aromatic nitrogens is 3. The summed E-state index contributed by atoms with van der Waals surface area (Å²) in [6.45, 7) is 0. The van der Waals surface area contributed by atoms with Crippen molar-refractivity contribution in [1.82, 2.24) is 15.2 Å². The molecule has 0 radical (unpaired) electrons. The second-order valence-electron chi connectivity index (χ2n) is 1.33. The first-order valence-electron chi connectivity index (χ1n) is 2.29. The summed E-state index contributed by atoms with van der Waals surface area (Å²) < 4.78 is 0. The van der Waals surface area contributed by atoms with Crippen molar-refractivity contribution in [3.63, 3.8) is 0 Å². The van der Waals surface area contributed by atoms with Gasteiger partial charge in [0.15, 0.2) is 0 Å². The molecule has 1 heterocycles. The predicted molar refractivity (Wildman–Crippen MR) is 34.0 cm³/mol. The third-order valence-electron chi connectivity index (χ3n) is 0.522. The zero-order valence-electron chi connectivity index (χ0n) is 5.26. The van der Waals surface area contributed by atoms with Gasteiger partial charge in [-0.05, 0) is 0 Å². The molecule has 0 unspecified atom stereocenters. The van der Waals surface area contributed by atoms with Gasteiger partial charge in [-0.25, -0.2) is 0 Å². The largest absolute Gasteiger partial charge is 0.368 e. The van der Waals surface area contributed by atoms with E-state index >= 15 is 0 Å². The van der Waals surface area contributed by atoms with Crippen LogP contribution in [0.1, 0.15) is 0 Å². The Morgan fingerprint density at radius 2 is 1.73 bits per heavy atom. The molecule has 0 amide bonds. The number of nitrogens with one attached hydrogen (secondary N) is 1. The van der Waals surface area contributed by atoms with Crippen molar-refractivity contribution in [2.75, 3.05) is 11.5 Å². The standard InChI is InChI=1S/C2H5N5.HNO3/c3-1-5-2(4)7-6-1;2-1(3)4/h(H5,3,4,5,6,7);(H,2,3,4). The molecular weight excluding hydrogens is 156 g/mol. The fourth-order valence-corrected chi connectivity index (χ4v) is 0.289. The maximum absolute atomic E-state index is 8.36. The minimum Gasteiger partial charge on any atom is -0.368 e. The predicted octanol–water partition coefficient (Wildman–Crippen LogP) is -1.38. The summed E-state index contributed by atoms with van der Waals surface area (Å²) in [7, 11) is 0. The van der Waals surface area contributed by atoms with E-state index in [1.54, 1.807) is 0 Å². The molecule has 1 rings (SSSR count). The highest BCUT2D eigenvalue weighted by Gasteiger charge is 1.87. The van der Waals surface area contributed by atoms with Gasteiger partial charge in [0.05, 0.1) is 0 Å². The number of hydrogen-bond acceptors (Lipinski definition) is 6. The first-order chi connectivity index (χ1) is 5.02. The number of nitrogen functional groups attached to an aromatic ring is 2. The van der Waals surface area contributed by atoms with Gasteiger partial charge in [-0.2, -0.15) is 0 Å². The molecule has 62 valence electrons. The normalized spacial score (nSPS) is 8.00. The van der Waals surface area contributed by atoms with E-state index < -0.39 is 5.09 Å². The molecule has 0 saturated heterocycles. The monoisotopic (exact) mass is 162 g/mol. The average Bonchev–Trinajstić information content (AvgIpc) is 2.13. The van der Waals surface area contributed by atoms with Crippen molar-refractivity contribution in [1.29, 1.82) is 0 Å². The molecule has 1 aromatic rings. The van der Waals surface area contributed by atoms with E-state index in [-0.39, 0.29) is 11.9 Å². The Kier molecular flexibility index (Phi) is 3.15. The fraction of sp³-hybridized carbons (Fsp3) is 0. The second kappa shape index (κ2) is 3.87. The molecule has 0 aliphatic heterocycles. The Morgan fingerprint density at radius 3 is 1.82 bits per heavy atom. The smallest absolute Gasteiger partial charge is 0.291 e. The van der Waals surface area contributed by atoms with Gasteiger partial charge < -0.3 is 16.7 Å². The Balaban J connectivity index is 0.000000218. The van der Waals surface area contributed by atoms with Crippen molar-refractivity contribution in [3.05, 3.63) is 10.1 Å². The van der Waals surface area contributed by atoms with Crippen molar-refractivity contribution in [3.8, 4) is 0 Å². The van der Waals surface area contributed by atoms with Gasteiger partial charge in [-0.3, -0.25) is 4.98 Å². The molecule has 0 atom stereocenters. The second-order valence-corrected chi connectivity index (χ2v) is 1.33. The summed E-state index contributed by atoms with van der Waals surface area (Å²) >= 11 is 0. The molecule has 6 N–H and O–H groups in total. The van der Waals surface area contributed by atoms with Crippen LogP contribution in [0.4, 0.5) is 11.9 Å². The summed E-state index contributed by atoms with van der Waals surface area (Å²) in [5.41, 5.74) is 10.1. The minimum atomic E-state index is -1.50. The van der Waals surface area contributed by atoms with Gasteiger partial charge >= 0.3 is 0 Å². The molecule has 0 bridgehead atoms. The number of hydrogen-bond donors (Lipinski definition) is 4. The van der Waals surface area contributed by atoms with E-state index in [0.717, 1.165) is 0 Å². The maximum Gasteiger partial charge on any atom is 0.291 e. The van der Waals surface area contributed by atoms with Crippen LogP contribution in [0.2, 0.25) is 0 Å². The first kappa shape index (κ1) is 8.94.